The average Bonchev–Trinajstić information content (AvgIpc) is 2.26. The normalized spacial score (nSPS) is 11.9. The second kappa shape index (κ2) is 6.67. The first-order valence-corrected chi connectivity index (χ1v) is 8.20. The first-order chi connectivity index (χ1) is 8.71. The minimum absolute atomic E-state index is 0.272. The Bertz CT molecular complexity index is 546. The Labute approximate surface area is 121 Å². The van der Waals surface area contributed by atoms with Crippen LogP contribution >= 0.6 is 15.9 Å². The minimum atomic E-state index is -4.07. The van der Waals surface area contributed by atoms with E-state index in [9.17, 15) is 12.8 Å². The van der Waals surface area contributed by atoms with E-state index in [4.69, 9.17) is 9.88 Å². The van der Waals surface area contributed by atoms with E-state index in [1.165, 1.54) is 0 Å². The molecule has 0 radical (unpaired) electrons. The Balaban J connectivity index is 2.80. The van der Waals surface area contributed by atoms with E-state index in [-0.39, 0.29) is 5.75 Å². The Hall–Kier alpha value is -0.660. The van der Waals surface area contributed by atoms with Crippen LogP contribution in [0, 0.1) is 11.7 Å². The Kier molecular flexibility index (Phi) is 5.76. The van der Waals surface area contributed by atoms with Gasteiger partial charge in [0.2, 0.25) is 10.0 Å². The summed E-state index contributed by atoms with van der Waals surface area (Å²) >= 11 is 3.14. The Morgan fingerprint density at radius 3 is 2.58 bits per heavy atom. The minimum Gasteiger partial charge on any atom is -0.492 e. The zero-order valence-electron chi connectivity index (χ0n) is 10.8. The number of hydrogen-bond acceptors (Lipinski definition) is 3. The van der Waals surface area contributed by atoms with Gasteiger partial charge in [-0.05, 0) is 40.8 Å². The van der Waals surface area contributed by atoms with Gasteiger partial charge < -0.3 is 4.74 Å². The summed E-state index contributed by atoms with van der Waals surface area (Å²) in [5.74, 6) is -0.0632. The van der Waals surface area contributed by atoms with Crippen LogP contribution in [0.25, 0.3) is 0 Å². The lowest BCUT2D eigenvalue weighted by Crippen LogP contribution is -2.14. The lowest BCUT2D eigenvalue weighted by atomic mass is 10.1. The van der Waals surface area contributed by atoms with Crippen molar-refractivity contribution < 1.29 is 17.5 Å². The van der Waals surface area contributed by atoms with Crippen molar-refractivity contribution in [3.63, 3.8) is 0 Å². The van der Waals surface area contributed by atoms with Crippen LogP contribution in [-0.2, 0) is 10.0 Å². The van der Waals surface area contributed by atoms with Crippen molar-refractivity contribution in [3.8, 4) is 5.75 Å². The average molecular weight is 354 g/mol. The molecule has 0 fully saturated rings. The summed E-state index contributed by atoms with van der Waals surface area (Å²) in [5.41, 5.74) is 0. The summed E-state index contributed by atoms with van der Waals surface area (Å²) in [4.78, 5) is -0.547. The van der Waals surface area contributed by atoms with Gasteiger partial charge in [-0.25, -0.2) is 17.9 Å². The maximum atomic E-state index is 13.6. The van der Waals surface area contributed by atoms with E-state index in [0.717, 1.165) is 25.0 Å². The zero-order valence-corrected chi connectivity index (χ0v) is 13.2. The number of primary sulfonamides is 1. The summed E-state index contributed by atoms with van der Waals surface area (Å²) in [6.45, 7) is 4.66. The summed E-state index contributed by atoms with van der Waals surface area (Å²) < 4.78 is 41.6. The van der Waals surface area contributed by atoms with Crippen LogP contribution in [0.5, 0.6) is 5.75 Å². The fourth-order valence-corrected chi connectivity index (χ4v) is 2.73. The van der Waals surface area contributed by atoms with Crippen molar-refractivity contribution in [2.45, 2.75) is 31.6 Å². The van der Waals surface area contributed by atoms with Gasteiger partial charge in [0.05, 0.1) is 11.1 Å². The van der Waals surface area contributed by atoms with E-state index in [2.05, 4.69) is 29.8 Å². The molecule has 0 aliphatic rings. The van der Waals surface area contributed by atoms with Gasteiger partial charge >= 0.3 is 0 Å². The van der Waals surface area contributed by atoms with Gasteiger partial charge in [0.1, 0.15) is 16.5 Å². The molecule has 0 unspecified atom stereocenters. The first-order valence-electron chi connectivity index (χ1n) is 5.86. The first kappa shape index (κ1) is 16.4. The molecule has 0 amide bonds. The molecule has 0 saturated carbocycles. The summed E-state index contributed by atoms with van der Waals surface area (Å²) in [5, 5.41) is 4.90. The van der Waals surface area contributed by atoms with E-state index < -0.39 is 20.7 Å². The number of halogens is 2. The number of nitrogens with two attached hydrogens (primary N) is 1. The van der Waals surface area contributed by atoms with Crippen molar-refractivity contribution in [1.82, 2.24) is 0 Å². The van der Waals surface area contributed by atoms with Crippen LogP contribution in [0.4, 0.5) is 4.39 Å². The van der Waals surface area contributed by atoms with Crippen LogP contribution in [0.1, 0.15) is 26.7 Å². The summed E-state index contributed by atoms with van der Waals surface area (Å²) in [6.07, 6.45) is 1.86. The SMILES string of the molecule is CC(C)CCCOc1cc(F)c(S(N)(=O)=O)cc1Br. The highest BCUT2D eigenvalue weighted by Gasteiger charge is 2.17. The van der Waals surface area contributed by atoms with Gasteiger partial charge in [-0.3, -0.25) is 0 Å². The maximum absolute atomic E-state index is 13.6. The van der Waals surface area contributed by atoms with Crippen molar-refractivity contribution in [2.75, 3.05) is 6.61 Å². The molecule has 0 heterocycles. The molecule has 1 rings (SSSR count). The molecule has 0 aromatic heterocycles. The van der Waals surface area contributed by atoms with Crippen molar-refractivity contribution >= 4 is 26.0 Å². The molecule has 0 aliphatic heterocycles. The number of hydrogen-bond donors (Lipinski definition) is 1. The second-order valence-electron chi connectivity index (χ2n) is 4.64. The third kappa shape index (κ3) is 5.08. The van der Waals surface area contributed by atoms with Gasteiger partial charge in [0, 0.05) is 6.07 Å². The molecule has 1 aromatic carbocycles. The summed E-state index contributed by atoms with van der Waals surface area (Å²) in [6, 6.07) is 2.14. The molecule has 0 saturated heterocycles. The van der Waals surface area contributed by atoms with Crippen molar-refractivity contribution in [3.05, 3.63) is 22.4 Å². The molecular weight excluding hydrogens is 337 g/mol. The quantitative estimate of drug-likeness (QED) is 0.799. The van der Waals surface area contributed by atoms with Crippen molar-refractivity contribution in [2.24, 2.45) is 11.1 Å². The number of benzene rings is 1. The molecular formula is C12H17BrFNO3S. The van der Waals surface area contributed by atoms with Gasteiger partial charge in [0.15, 0.2) is 0 Å². The van der Waals surface area contributed by atoms with Gasteiger partial charge in [0.25, 0.3) is 0 Å². The fourth-order valence-electron chi connectivity index (χ4n) is 1.51. The largest absolute Gasteiger partial charge is 0.492 e. The number of rotatable bonds is 6. The fraction of sp³-hybridized carbons (Fsp3) is 0.500. The van der Waals surface area contributed by atoms with Crippen molar-refractivity contribution in [1.29, 1.82) is 0 Å². The molecule has 0 spiro atoms. The smallest absolute Gasteiger partial charge is 0.241 e. The highest BCUT2D eigenvalue weighted by atomic mass is 79.9. The molecule has 0 bridgehead atoms. The van der Waals surface area contributed by atoms with Gasteiger partial charge in [-0.2, -0.15) is 0 Å². The molecule has 0 aliphatic carbocycles. The van der Waals surface area contributed by atoms with Gasteiger partial charge in [-0.1, -0.05) is 13.8 Å². The van der Waals surface area contributed by atoms with Crippen LogP contribution in [0.2, 0.25) is 0 Å². The lowest BCUT2D eigenvalue weighted by Gasteiger charge is -2.11. The van der Waals surface area contributed by atoms with E-state index in [1.807, 2.05) is 0 Å². The molecule has 4 nitrogen and oxygen atoms in total. The van der Waals surface area contributed by atoms with Crippen LogP contribution in [-0.4, -0.2) is 15.0 Å². The zero-order chi connectivity index (χ0) is 14.6. The van der Waals surface area contributed by atoms with Crippen LogP contribution in [0.15, 0.2) is 21.5 Å². The highest BCUT2D eigenvalue weighted by molar-refractivity contribution is 9.10. The summed E-state index contributed by atoms with van der Waals surface area (Å²) in [7, 11) is -4.07. The molecule has 7 heteroatoms. The molecule has 2 N–H and O–H groups in total. The Morgan fingerprint density at radius 2 is 2.05 bits per heavy atom. The van der Waals surface area contributed by atoms with Crippen LogP contribution in [0.3, 0.4) is 0 Å². The van der Waals surface area contributed by atoms with Crippen LogP contribution < -0.4 is 9.88 Å². The molecule has 1 aromatic rings. The molecule has 108 valence electrons. The molecule has 19 heavy (non-hydrogen) atoms. The predicted molar refractivity (Wildman–Crippen MR) is 75.0 cm³/mol. The maximum Gasteiger partial charge on any atom is 0.241 e. The highest BCUT2D eigenvalue weighted by Crippen LogP contribution is 2.30. The lowest BCUT2D eigenvalue weighted by molar-refractivity contribution is 0.294. The van der Waals surface area contributed by atoms with E-state index in [0.29, 0.717) is 17.0 Å². The third-order valence-electron chi connectivity index (χ3n) is 2.48. The number of sulfonamides is 1. The van der Waals surface area contributed by atoms with E-state index in [1.54, 1.807) is 0 Å². The van der Waals surface area contributed by atoms with Gasteiger partial charge in [-0.15, -0.1) is 0 Å². The topological polar surface area (TPSA) is 69.4 Å². The standard InChI is InChI=1S/C12H17BrFNO3S/c1-8(2)4-3-5-18-11-7-10(14)12(6-9(11)13)19(15,16)17/h6-8H,3-5H2,1-2H3,(H2,15,16,17). The second-order valence-corrected chi connectivity index (χ2v) is 7.03. The predicted octanol–water partition coefficient (Wildman–Crippen LogP) is 3.05. The number of ether oxygens (including phenoxy) is 1. The Morgan fingerprint density at radius 1 is 1.42 bits per heavy atom. The third-order valence-corrected chi connectivity index (χ3v) is 4.02. The monoisotopic (exact) mass is 353 g/mol. The molecule has 0 atom stereocenters. The van der Waals surface area contributed by atoms with E-state index >= 15 is 0 Å².